The quantitative estimate of drug-likeness (QED) is 0.939. The number of rotatable bonds is 3. The Hall–Kier alpha value is -1.87. The second kappa shape index (κ2) is 5.15. The molecule has 3 rings (SSSR count). The van der Waals surface area contributed by atoms with Crippen LogP contribution in [-0.2, 0) is 6.54 Å². The number of pyridine rings is 1. The summed E-state index contributed by atoms with van der Waals surface area (Å²) in [5.41, 5.74) is 12.2. The van der Waals surface area contributed by atoms with Gasteiger partial charge in [0.15, 0.2) is 0 Å². The van der Waals surface area contributed by atoms with Gasteiger partial charge in [0.1, 0.15) is 0 Å². The molecule has 0 bridgehead atoms. The molecule has 0 aliphatic heterocycles. The van der Waals surface area contributed by atoms with Crippen LogP contribution in [0.2, 0.25) is 0 Å². The van der Waals surface area contributed by atoms with Crippen LogP contribution in [0.4, 0.5) is 0 Å². The Morgan fingerprint density at radius 1 is 1.14 bits per heavy atom. The molecule has 3 heteroatoms. The summed E-state index contributed by atoms with van der Waals surface area (Å²) in [5.74, 6) is 0. The molecule has 2 N–H and O–H groups in total. The highest BCUT2D eigenvalue weighted by Gasteiger charge is 2.28. The predicted molar refractivity (Wildman–Crippen MR) is 86.5 cm³/mol. The Bertz CT molecular complexity index is 755. The van der Waals surface area contributed by atoms with Crippen LogP contribution in [0.15, 0.2) is 29.1 Å². The molecule has 1 aliphatic rings. The normalized spacial score (nSPS) is 14.5. The smallest absolute Gasteiger partial charge is 0.256 e. The van der Waals surface area contributed by atoms with Gasteiger partial charge in [0.2, 0.25) is 0 Å². The average Bonchev–Trinajstić information content (AvgIpc) is 3.26. The van der Waals surface area contributed by atoms with Crippen LogP contribution < -0.4 is 11.3 Å². The molecule has 1 aliphatic carbocycles. The van der Waals surface area contributed by atoms with Gasteiger partial charge in [0, 0.05) is 23.7 Å². The lowest BCUT2D eigenvalue weighted by molar-refractivity contribution is 0.701. The number of aromatic nitrogens is 1. The highest BCUT2D eigenvalue weighted by molar-refractivity contribution is 5.66. The Morgan fingerprint density at radius 2 is 1.86 bits per heavy atom. The third-order valence-corrected chi connectivity index (χ3v) is 4.35. The first kappa shape index (κ1) is 14.1. The molecule has 0 unspecified atom stereocenters. The summed E-state index contributed by atoms with van der Waals surface area (Å²) in [6, 6.07) is 8.88. The maximum atomic E-state index is 12.8. The lowest BCUT2D eigenvalue weighted by Crippen LogP contribution is -2.27. The van der Waals surface area contributed by atoms with Crippen LogP contribution >= 0.6 is 0 Å². The lowest BCUT2D eigenvalue weighted by Gasteiger charge is -2.18. The zero-order valence-electron chi connectivity index (χ0n) is 12.9. The van der Waals surface area contributed by atoms with Crippen molar-refractivity contribution in [2.75, 3.05) is 0 Å². The molecule has 1 heterocycles. The van der Waals surface area contributed by atoms with Gasteiger partial charge in [-0.15, -0.1) is 0 Å². The fourth-order valence-corrected chi connectivity index (χ4v) is 2.95. The van der Waals surface area contributed by atoms with Crippen LogP contribution in [0.25, 0.3) is 11.3 Å². The summed E-state index contributed by atoms with van der Waals surface area (Å²) < 4.78 is 1.97. The molecule has 0 spiro atoms. The predicted octanol–water partition coefficient (Wildman–Crippen LogP) is 3.23. The van der Waals surface area contributed by atoms with Crippen molar-refractivity contribution in [2.45, 2.75) is 46.2 Å². The van der Waals surface area contributed by atoms with Gasteiger partial charge in [-0.25, -0.2) is 0 Å². The molecule has 21 heavy (non-hydrogen) atoms. The van der Waals surface area contributed by atoms with Crippen molar-refractivity contribution in [1.29, 1.82) is 0 Å². The number of nitrogens with two attached hydrogens (primary N) is 1. The van der Waals surface area contributed by atoms with Crippen LogP contribution in [0.3, 0.4) is 0 Å². The maximum absolute atomic E-state index is 12.8. The molecule has 3 nitrogen and oxygen atoms in total. The fourth-order valence-electron chi connectivity index (χ4n) is 2.95. The van der Waals surface area contributed by atoms with Crippen molar-refractivity contribution in [3.05, 3.63) is 56.9 Å². The SMILES string of the molecule is Cc1ccc(C)c(-c2cc(C)c(CN)c(=O)n2C2CC2)c1. The number of benzene rings is 1. The maximum Gasteiger partial charge on any atom is 0.256 e. The van der Waals surface area contributed by atoms with E-state index in [1.54, 1.807) is 0 Å². The third kappa shape index (κ3) is 2.42. The zero-order chi connectivity index (χ0) is 15.1. The van der Waals surface area contributed by atoms with Gasteiger partial charge in [-0.3, -0.25) is 4.79 Å². The molecule has 0 radical (unpaired) electrons. The van der Waals surface area contributed by atoms with Gasteiger partial charge in [-0.2, -0.15) is 0 Å². The van der Waals surface area contributed by atoms with Crippen LogP contribution in [0.5, 0.6) is 0 Å². The van der Waals surface area contributed by atoms with Crippen molar-refractivity contribution in [1.82, 2.24) is 4.57 Å². The van der Waals surface area contributed by atoms with E-state index in [1.807, 2.05) is 11.5 Å². The molecule has 1 fully saturated rings. The van der Waals surface area contributed by atoms with E-state index in [2.05, 4.69) is 38.1 Å². The first-order valence-electron chi connectivity index (χ1n) is 7.55. The molecular weight excluding hydrogens is 260 g/mol. The molecule has 1 aromatic carbocycles. The summed E-state index contributed by atoms with van der Waals surface area (Å²) in [4.78, 5) is 12.8. The third-order valence-electron chi connectivity index (χ3n) is 4.35. The fraction of sp³-hybridized carbons (Fsp3) is 0.389. The Balaban J connectivity index is 2.32. The second-order valence-corrected chi connectivity index (χ2v) is 6.12. The van der Waals surface area contributed by atoms with Gasteiger partial charge in [0.25, 0.3) is 5.56 Å². The van der Waals surface area contributed by atoms with Crippen LogP contribution in [0, 0.1) is 20.8 Å². The molecule has 1 saturated carbocycles. The van der Waals surface area contributed by atoms with Gasteiger partial charge in [-0.1, -0.05) is 17.7 Å². The van der Waals surface area contributed by atoms with Crippen molar-refractivity contribution in [3.63, 3.8) is 0 Å². The van der Waals surface area contributed by atoms with E-state index >= 15 is 0 Å². The summed E-state index contributed by atoms with van der Waals surface area (Å²) in [6.45, 7) is 6.48. The van der Waals surface area contributed by atoms with E-state index in [0.717, 1.165) is 35.2 Å². The standard InChI is InChI=1S/C18H22N2O/c1-11-4-5-12(2)15(8-11)17-9-13(3)16(10-19)18(21)20(17)14-6-7-14/h4-5,8-9,14H,6-7,10,19H2,1-3H3. The van der Waals surface area contributed by atoms with E-state index < -0.39 is 0 Å². The number of hydrogen-bond donors (Lipinski definition) is 1. The molecule has 110 valence electrons. The van der Waals surface area contributed by atoms with Crippen LogP contribution in [-0.4, -0.2) is 4.57 Å². The van der Waals surface area contributed by atoms with Crippen molar-refractivity contribution >= 4 is 0 Å². The van der Waals surface area contributed by atoms with Gasteiger partial charge >= 0.3 is 0 Å². The molecule has 2 aromatic rings. The van der Waals surface area contributed by atoms with Crippen molar-refractivity contribution in [3.8, 4) is 11.3 Å². The minimum atomic E-state index is 0.0934. The minimum Gasteiger partial charge on any atom is -0.326 e. The highest BCUT2D eigenvalue weighted by Crippen LogP contribution is 2.38. The highest BCUT2D eigenvalue weighted by atomic mass is 16.1. The van der Waals surface area contributed by atoms with E-state index in [9.17, 15) is 4.79 Å². The zero-order valence-corrected chi connectivity index (χ0v) is 12.9. The molecule has 0 atom stereocenters. The summed E-state index contributed by atoms with van der Waals surface area (Å²) in [6.07, 6.45) is 2.18. The van der Waals surface area contributed by atoms with Crippen molar-refractivity contribution in [2.24, 2.45) is 5.73 Å². The van der Waals surface area contributed by atoms with E-state index in [1.165, 1.54) is 11.1 Å². The Kier molecular flexibility index (Phi) is 3.46. The average molecular weight is 282 g/mol. The molecule has 1 aromatic heterocycles. The molecular formula is C18H22N2O. The minimum absolute atomic E-state index is 0.0934. The number of nitrogens with zero attached hydrogens (tertiary/aromatic N) is 1. The first-order valence-corrected chi connectivity index (χ1v) is 7.55. The topological polar surface area (TPSA) is 48.0 Å². The van der Waals surface area contributed by atoms with E-state index in [-0.39, 0.29) is 5.56 Å². The van der Waals surface area contributed by atoms with Crippen LogP contribution in [0.1, 0.15) is 41.1 Å². The first-order chi connectivity index (χ1) is 10.0. The monoisotopic (exact) mass is 282 g/mol. The lowest BCUT2D eigenvalue weighted by atomic mass is 9.99. The van der Waals surface area contributed by atoms with Gasteiger partial charge < -0.3 is 10.3 Å². The Labute approximate surface area is 125 Å². The molecule has 0 amide bonds. The molecule has 0 saturated heterocycles. The van der Waals surface area contributed by atoms with E-state index in [4.69, 9.17) is 5.73 Å². The summed E-state index contributed by atoms with van der Waals surface area (Å²) in [7, 11) is 0. The van der Waals surface area contributed by atoms with Gasteiger partial charge in [0.05, 0.1) is 5.69 Å². The largest absolute Gasteiger partial charge is 0.326 e. The summed E-state index contributed by atoms with van der Waals surface area (Å²) >= 11 is 0. The van der Waals surface area contributed by atoms with Crippen molar-refractivity contribution < 1.29 is 0 Å². The number of aryl methyl sites for hydroxylation is 3. The Morgan fingerprint density at radius 3 is 2.48 bits per heavy atom. The number of hydrogen-bond acceptors (Lipinski definition) is 2. The second-order valence-electron chi connectivity index (χ2n) is 6.12. The van der Waals surface area contributed by atoms with E-state index in [0.29, 0.717) is 12.6 Å². The van der Waals surface area contributed by atoms with Gasteiger partial charge in [-0.05, 0) is 56.9 Å². The summed E-state index contributed by atoms with van der Waals surface area (Å²) in [5, 5.41) is 0.